The average Bonchev–Trinajstić information content (AvgIpc) is 2.50. The number of fused-ring (bicyclic) bond motifs is 1. The molecule has 1 N–H and O–H groups in total. The van der Waals surface area contributed by atoms with E-state index in [1.807, 2.05) is 0 Å². The second kappa shape index (κ2) is 3.06. The van der Waals surface area contributed by atoms with E-state index in [0.29, 0.717) is 11.5 Å². The molecule has 14 heavy (non-hydrogen) atoms. The number of rotatable bonds is 1. The number of carboxylic acid groups (broad SMARTS) is 1. The summed E-state index contributed by atoms with van der Waals surface area (Å²) < 4.78 is 2.22. The highest BCUT2D eigenvalue weighted by molar-refractivity contribution is 9.10. The second-order valence-electron chi connectivity index (χ2n) is 2.78. The third kappa shape index (κ3) is 1.19. The van der Waals surface area contributed by atoms with Crippen LogP contribution in [0, 0.1) is 6.92 Å². The van der Waals surface area contributed by atoms with Crippen molar-refractivity contribution in [3.63, 3.8) is 0 Å². The first-order valence-electron chi connectivity index (χ1n) is 3.85. The SMILES string of the molecule is Cc1nnc2c(Br)ccc(C(=O)O)n12. The molecule has 0 fully saturated rings. The van der Waals surface area contributed by atoms with Crippen molar-refractivity contribution in [2.24, 2.45) is 0 Å². The number of nitrogens with zero attached hydrogens (tertiary/aromatic N) is 3. The number of pyridine rings is 1. The van der Waals surface area contributed by atoms with Gasteiger partial charge in [0.15, 0.2) is 5.65 Å². The predicted molar refractivity (Wildman–Crippen MR) is 52.4 cm³/mol. The Morgan fingerprint density at radius 2 is 2.21 bits per heavy atom. The first-order chi connectivity index (χ1) is 6.61. The molecule has 0 aromatic carbocycles. The fourth-order valence-corrected chi connectivity index (χ4v) is 1.66. The largest absolute Gasteiger partial charge is 0.477 e. The Bertz CT molecular complexity index is 521. The molecular weight excluding hydrogens is 250 g/mol. The van der Waals surface area contributed by atoms with Crippen LogP contribution in [0.4, 0.5) is 0 Å². The normalized spacial score (nSPS) is 10.7. The first-order valence-corrected chi connectivity index (χ1v) is 4.64. The van der Waals surface area contributed by atoms with Crippen LogP contribution in [0.15, 0.2) is 16.6 Å². The Labute approximate surface area is 87.5 Å². The number of aromatic nitrogens is 3. The van der Waals surface area contributed by atoms with E-state index < -0.39 is 5.97 Å². The summed E-state index contributed by atoms with van der Waals surface area (Å²) in [6, 6.07) is 3.16. The molecule has 0 unspecified atom stereocenters. The van der Waals surface area contributed by atoms with Gasteiger partial charge in [-0.1, -0.05) is 0 Å². The summed E-state index contributed by atoms with van der Waals surface area (Å²) in [6.07, 6.45) is 0. The minimum absolute atomic E-state index is 0.158. The molecule has 0 aliphatic rings. The van der Waals surface area contributed by atoms with Gasteiger partial charge >= 0.3 is 5.97 Å². The summed E-state index contributed by atoms with van der Waals surface area (Å²) >= 11 is 3.28. The molecule has 0 saturated carbocycles. The summed E-state index contributed by atoms with van der Waals surface area (Å²) in [5, 5.41) is 16.6. The van der Waals surface area contributed by atoms with Crippen molar-refractivity contribution in [1.29, 1.82) is 0 Å². The molecule has 2 heterocycles. The fraction of sp³-hybridized carbons (Fsp3) is 0.125. The van der Waals surface area contributed by atoms with Crippen molar-refractivity contribution in [3.05, 3.63) is 28.1 Å². The highest BCUT2D eigenvalue weighted by atomic mass is 79.9. The summed E-state index contributed by atoms with van der Waals surface area (Å²) in [5.41, 5.74) is 0.674. The molecule has 0 atom stereocenters. The van der Waals surface area contributed by atoms with Crippen molar-refractivity contribution in [3.8, 4) is 0 Å². The van der Waals surface area contributed by atoms with Crippen molar-refractivity contribution in [2.45, 2.75) is 6.92 Å². The van der Waals surface area contributed by atoms with Gasteiger partial charge in [0.05, 0.1) is 4.47 Å². The number of aromatic carboxylic acids is 1. The van der Waals surface area contributed by atoms with E-state index in [4.69, 9.17) is 5.11 Å². The quantitative estimate of drug-likeness (QED) is 0.839. The van der Waals surface area contributed by atoms with E-state index >= 15 is 0 Å². The van der Waals surface area contributed by atoms with Crippen LogP contribution >= 0.6 is 15.9 Å². The molecule has 0 saturated heterocycles. The molecule has 72 valence electrons. The van der Waals surface area contributed by atoms with Gasteiger partial charge in [-0.25, -0.2) is 4.79 Å². The molecule has 2 rings (SSSR count). The lowest BCUT2D eigenvalue weighted by Gasteiger charge is -2.01. The first kappa shape index (κ1) is 9.14. The van der Waals surface area contributed by atoms with E-state index in [9.17, 15) is 4.79 Å². The van der Waals surface area contributed by atoms with Gasteiger partial charge in [-0.2, -0.15) is 0 Å². The zero-order valence-corrected chi connectivity index (χ0v) is 8.82. The molecule has 0 spiro atoms. The Kier molecular flexibility index (Phi) is 1.99. The summed E-state index contributed by atoms with van der Waals surface area (Å²) in [5.74, 6) is -0.441. The van der Waals surface area contributed by atoms with Crippen LogP contribution < -0.4 is 0 Å². The van der Waals surface area contributed by atoms with Crippen molar-refractivity contribution < 1.29 is 9.90 Å². The number of hydrogen-bond acceptors (Lipinski definition) is 3. The number of carboxylic acids is 1. The molecule has 2 aromatic rings. The second-order valence-corrected chi connectivity index (χ2v) is 3.63. The number of aryl methyl sites for hydroxylation is 1. The minimum atomic E-state index is -0.995. The van der Waals surface area contributed by atoms with Gasteiger partial charge in [-0.15, -0.1) is 10.2 Å². The predicted octanol–water partition coefficient (Wildman–Crippen LogP) is 1.50. The van der Waals surface area contributed by atoms with Gasteiger partial charge in [0, 0.05) is 0 Å². The molecule has 5 nitrogen and oxygen atoms in total. The molecule has 6 heteroatoms. The zero-order valence-electron chi connectivity index (χ0n) is 7.23. The maximum atomic E-state index is 10.9. The summed E-state index contributed by atoms with van der Waals surface area (Å²) in [4.78, 5) is 10.9. The van der Waals surface area contributed by atoms with Gasteiger partial charge in [-0.3, -0.25) is 4.40 Å². The van der Waals surface area contributed by atoms with Crippen molar-refractivity contribution in [1.82, 2.24) is 14.6 Å². The average molecular weight is 256 g/mol. The highest BCUT2D eigenvalue weighted by Gasteiger charge is 2.13. The van der Waals surface area contributed by atoms with E-state index in [2.05, 4.69) is 26.1 Å². The topological polar surface area (TPSA) is 67.5 Å². The lowest BCUT2D eigenvalue weighted by Crippen LogP contribution is -2.06. The third-order valence-corrected chi connectivity index (χ3v) is 2.50. The highest BCUT2D eigenvalue weighted by Crippen LogP contribution is 2.18. The number of halogens is 1. The smallest absolute Gasteiger partial charge is 0.352 e. The molecule has 2 aromatic heterocycles. The van der Waals surface area contributed by atoms with Crippen molar-refractivity contribution in [2.75, 3.05) is 0 Å². The molecule has 0 aliphatic carbocycles. The number of hydrogen-bond donors (Lipinski definition) is 1. The van der Waals surface area contributed by atoms with E-state index in [1.54, 1.807) is 13.0 Å². The summed E-state index contributed by atoms with van der Waals surface area (Å²) in [7, 11) is 0. The van der Waals surface area contributed by atoms with Gasteiger partial charge in [-0.05, 0) is 35.0 Å². The molecule has 0 radical (unpaired) electrons. The fourth-order valence-electron chi connectivity index (χ4n) is 1.27. The maximum Gasteiger partial charge on any atom is 0.352 e. The van der Waals surface area contributed by atoms with Gasteiger partial charge in [0.1, 0.15) is 11.5 Å². The van der Waals surface area contributed by atoms with Crippen molar-refractivity contribution >= 4 is 27.5 Å². The number of carbonyl (C=O) groups is 1. The molecule has 0 aliphatic heterocycles. The van der Waals surface area contributed by atoms with Crippen LogP contribution in [0.25, 0.3) is 5.65 Å². The molecular formula is C8H6BrN3O2. The van der Waals surface area contributed by atoms with Crippen LogP contribution in [-0.4, -0.2) is 25.7 Å². The zero-order chi connectivity index (χ0) is 10.3. The maximum absolute atomic E-state index is 10.9. The Morgan fingerprint density at radius 1 is 1.50 bits per heavy atom. The monoisotopic (exact) mass is 255 g/mol. The van der Waals surface area contributed by atoms with Gasteiger partial charge in [0.2, 0.25) is 0 Å². The van der Waals surface area contributed by atoms with Crippen LogP contribution in [0.3, 0.4) is 0 Å². The van der Waals surface area contributed by atoms with Crippen LogP contribution in [0.2, 0.25) is 0 Å². The Hall–Kier alpha value is -1.43. The van der Waals surface area contributed by atoms with Gasteiger partial charge < -0.3 is 5.11 Å². The summed E-state index contributed by atoms with van der Waals surface area (Å²) in [6.45, 7) is 1.71. The lowest BCUT2D eigenvalue weighted by molar-refractivity contribution is 0.0688. The minimum Gasteiger partial charge on any atom is -0.477 e. The Morgan fingerprint density at radius 3 is 2.86 bits per heavy atom. The van der Waals surface area contributed by atoms with Crippen LogP contribution in [0.5, 0.6) is 0 Å². The van der Waals surface area contributed by atoms with E-state index in [1.165, 1.54) is 10.5 Å². The molecule has 0 bridgehead atoms. The lowest BCUT2D eigenvalue weighted by atomic mass is 10.3. The van der Waals surface area contributed by atoms with Crippen LogP contribution in [0.1, 0.15) is 16.3 Å². The standard InChI is InChI=1S/C8H6BrN3O2/c1-4-10-11-7-5(9)2-3-6(8(13)14)12(4)7/h2-3H,1H3,(H,13,14). The molecule has 0 amide bonds. The Balaban J connectivity index is 2.92. The van der Waals surface area contributed by atoms with E-state index in [-0.39, 0.29) is 5.69 Å². The van der Waals surface area contributed by atoms with Crippen LogP contribution in [-0.2, 0) is 0 Å². The third-order valence-electron chi connectivity index (χ3n) is 1.89. The van der Waals surface area contributed by atoms with Gasteiger partial charge in [0.25, 0.3) is 0 Å². The van der Waals surface area contributed by atoms with E-state index in [0.717, 1.165) is 4.47 Å².